The van der Waals surface area contributed by atoms with Crippen LogP contribution in [0, 0.1) is 5.82 Å². The first-order valence-electron chi connectivity index (χ1n) is 7.60. The summed E-state index contributed by atoms with van der Waals surface area (Å²) in [6.07, 6.45) is 5.52. The Hall–Kier alpha value is -1.88. The third-order valence-electron chi connectivity index (χ3n) is 3.75. The quantitative estimate of drug-likeness (QED) is 0.660. The summed E-state index contributed by atoms with van der Waals surface area (Å²) < 4.78 is 18.6. The molecule has 23 heavy (non-hydrogen) atoms. The van der Waals surface area contributed by atoms with Crippen LogP contribution in [0.5, 0.6) is 0 Å². The molecule has 0 aliphatic heterocycles. The predicted molar refractivity (Wildman–Crippen MR) is 86.4 cm³/mol. The van der Waals surface area contributed by atoms with E-state index in [9.17, 15) is 14.0 Å². The Morgan fingerprint density at radius 1 is 1.39 bits per heavy atom. The van der Waals surface area contributed by atoms with E-state index in [0.717, 1.165) is 31.8 Å². The number of esters is 1. The van der Waals surface area contributed by atoms with Crippen LogP contribution in [-0.4, -0.2) is 24.0 Å². The number of ether oxygens (including phenoxy) is 1. The zero-order valence-corrected chi connectivity index (χ0v) is 13.6. The van der Waals surface area contributed by atoms with Gasteiger partial charge in [0.15, 0.2) is 6.10 Å². The average Bonchev–Trinajstić information content (AvgIpc) is 2.99. The fraction of sp³-hybridized carbons (Fsp3) is 0.412. The zero-order valence-electron chi connectivity index (χ0n) is 12.9. The predicted octanol–water partition coefficient (Wildman–Crippen LogP) is 3.48. The maximum Gasteiger partial charge on any atom is 0.331 e. The molecular formula is C17H19ClFNO3. The summed E-state index contributed by atoms with van der Waals surface area (Å²) in [7, 11) is 0. The fourth-order valence-corrected chi connectivity index (χ4v) is 2.70. The lowest BCUT2D eigenvalue weighted by Crippen LogP contribution is -2.40. The first-order chi connectivity index (χ1) is 11.0. The van der Waals surface area contributed by atoms with Crippen molar-refractivity contribution in [1.82, 2.24) is 5.32 Å². The molecule has 1 saturated carbocycles. The van der Waals surface area contributed by atoms with Gasteiger partial charge in [-0.2, -0.15) is 0 Å². The van der Waals surface area contributed by atoms with E-state index in [1.54, 1.807) is 0 Å². The van der Waals surface area contributed by atoms with Crippen molar-refractivity contribution < 1.29 is 18.7 Å². The maximum atomic E-state index is 13.6. The van der Waals surface area contributed by atoms with Gasteiger partial charge in [0.05, 0.1) is 5.02 Å². The maximum absolute atomic E-state index is 13.6. The molecule has 124 valence electrons. The minimum atomic E-state index is -0.899. The Bertz CT molecular complexity index is 592. The van der Waals surface area contributed by atoms with E-state index >= 15 is 0 Å². The smallest absolute Gasteiger partial charge is 0.331 e. The topological polar surface area (TPSA) is 55.4 Å². The number of benzene rings is 1. The Morgan fingerprint density at radius 3 is 2.74 bits per heavy atom. The van der Waals surface area contributed by atoms with Crippen LogP contribution < -0.4 is 5.32 Å². The summed E-state index contributed by atoms with van der Waals surface area (Å²) in [5.41, 5.74) is 0.106. The Morgan fingerprint density at radius 2 is 2.09 bits per heavy atom. The molecule has 0 spiro atoms. The second-order valence-electron chi connectivity index (χ2n) is 5.54. The van der Waals surface area contributed by atoms with Crippen molar-refractivity contribution in [2.75, 3.05) is 0 Å². The van der Waals surface area contributed by atoms with Crippen molar-refractivity contribution in [3.63, 3.8) is 0 Å². The van der Waals surface area contributed by atoms with Gasteiger partial charge in [-0.3, -0.25) is 4.79 Å². The number of hydrogen-bond donors (Lipinski definition) is 1. The van der Waals surface area contributed by atoms with Crippen molar-refractivity contribution in [2.45, 2.75) is 44.8 Å². The van der Waals surface area contributed by atoms with Gasteiger partial charge < -0.3 is 10.1 Å². The average molecular weight is 340 g/mol. The molecule has 2 rings (SSSR count). The van der Waals surface area contributed by atoms with E-state index in [2.05, 4.69) is 5.32 Å². The minimum absolute atomic E-state index is 0.106. The summed E-state index contributed by atoms with van der Waals surface area (Å²) in [6.45, 7) is 1.51. The van der Waals surface area contributed by atoms with Crippen LogP contribution in [0.4, 0.5) is 4.39 Å². The lowest BCUT2D eigenvalue weighted by Gasteiger charge is -2.16. The summed E-state index contributed by atoms with van der Waals surface area (Å²) in [5, 5.41) is 3.05. The number of carbonyl (C=O) groups excluding carboxylic acids is 2. The molecule has 1 N–H and O–H groups in total. The number of amides is 1. The highest BCUT2D eigenvalue weighted by atomic mass is 35.5. The van der Waals surface area contributed by atoms with Crippen molar-refractivity contribution >= 4 is 29.6 Å². The molecule has 0 saturated heterocycles. The van der Waals surface area contributed by atoms with Gasteiger partial charge >= 0.3 is 5.97 Å². The molecule has 0 heterocycles. The summed E-state index contributed by atoms with van der Waals surface area (Å²) in [4.78, 5) is 23.7. The first-order valence-corrected chi connectivity index (χ1v) is 7.98. The molecule has 0 bridgehead atoms. The Kier molecular flexibility index (Phi) is 6.16. The van der Waals surface area contributed by atoms with Gasteiger partial charge in [-0.05, 0) is 38.0 Å². The molecule has 6 heteroatoms. The number of hydrogen-bond acceptors (Lipinski definition) is 3. The summed E-state index contributed by atoms with van der Waals surface area (Å²) in [6, 6.07) is 4.40. The zero-order chi connectivity index (χ0) is 16.8. The van der Waals surface area contributed by atoms with Crippen LogP contribution in [0.25, 0.3) is 6.08 Å². The van der Waals surface area contributed by atoms with E-state index in [4.69, 9.17) is 16.3 Å². The fourth-order valence-electron chi connectivity index (χ4n) is 2.48. The van der Waals surface area contributed by atoms with Gasteiger partial charge in [-0.25, -0.2) is 9.18 Å². The molecule has 1 fully saturated rings. The molecule has 1 amide bonds. The largest absolute Gasteiger partial charge is 0.449 e. The Balaban J connectivity index is 1.88. The molecule has 0 aromatic heterocycles. The van der Waals surface area contributed by atoms with E-state index < -0.39 is 17.9 Å². The van der Waals surface area contributed by atoms with Crippen LogP contribution in [0.3, 0.4) is 0 Å². The van der Waals surface area contributed by atoms with Gasteiger partial charge in [0.1, 0.15) is 5.82 Å². The molecule has 0 unspecified atom stereocenters. The standard InChI is InChI=1S/C17H19ClFNO3/c1-11(17(22)20-12-5-2-3-6-12)23-16(21)10-9-13-14(18)7-4-8-15(13)19/h4,7-12H,2-3,5-6H2,1H3,(H,20,22)/b10-9+/t11-/m0/s1. The minimum Gasteiger partial charge on any atom is -0.449 e. The third kappa shape index (κ3) is 5.06. The van der Waals surface area contributed by atoms with Crippen LogP contribution >= 0.6 is 11.6 Å². The van der Waals surface area contributed by atoms with Crippen LogP contribution in [0.1, 0.15) is 38.2 Å². The van der Waals surface area contributed by atoms with Crippen molar-refractivity contribution in [2.24, 2.45) is 0 Å². The number of nitrogens with one attached hydrogen (secondary N) is 1. The van der Waals surface area contributed by atoms with E-state index in [0.29, 0.717) is 0 Å². The van der Waals surface area contributed by atoms with Crippen LogP contribution in [-0.2, 0) is 14.3 Å². The second-order valence-corrected chi connectivity index (χ2v) is 5.94. The van der Waals surface area contributed by atoms with Crippen molar-refractivity contribution in [3.05, 3.63) is 40.7 Å². The highest BCUT2D eigenvalue weighted by Gasteiger charge is 2.22. The second kappa shape index (κ2) is 8.11. The van der Waals surface area contributed by atoms with Gasteiger partial charge in [-0.15, -0.1) is 0 Å². The molecule has 1 aromatic rings. The molecule has 0 radical (unpaired) electrons. The summed E-state index contributed by atoms with van der Waals surface area (Å²) in [5.74, 6) is -1.57. The molecule has 1 atom stereocenters. The van der Waals surface area contributed by atoms with E-state index in [-0.39, 0.29) is 22.5 Å². The lowest BCUT2D eigenvalue weighted by molar-refractivity contribution is -0.150. The van der Waals surface area contributed by atoms with E-state index in [1.807, 2.05) is 0 Å². The molecule has 1 aromatic carbocycles. The van der Waals surface area contributed by atoms with Crippen molar-refractivity contribution in [1.29, 1.82) is 0 Å². The number of carbonyl (C=O) groups is 2. The number of rotatable bonds is 5. The molecule has 1 aliphatic rings. The lowest BCUT2D eigenvalue weighted by atomic mass is 10.2. The number of halogens is 2. The van der Waals surface area contributed by atoms with E-state index in [1.165, 1.54) is 31.2 Å². The SMILES string of the molecule is C[C@H](OC(=O)/C=C/c1c(F)cccc1Cl)C(=O)NC1CCCC1. The third-order valence-corrected chi connectivity index (χ3v) is 4.08. The van der Waals surface area contributed by atoms with Crippen molar-refractivity contribution in [3.8, 4) is 0 Å². The monoisotopic (exact) mass is 339 g/mol. The van der Waals surface area contributed by atoms with Crippen LogP contribution in [0.15, 0.2) is 24.3 Å². The van der Waals surface area contributed by atoms with Gasteiger partial charge in [0.2, 0.25) is 0 Å². The highest BCUT2D eigenvalue weighted by molar-refractivity contribution is 6.32. The highest BCUT2D eigenvalue weighted by Crippen LogP contribution is 2.20. The van der Waals surface area contributed by atoms with Gasteiger partial charge in [0, 0.05) is 17.7 Å². The first kappa shape index (κ1) is 17.5. The molecule has 1 aliphatic carbocycles. The normalized spacial score (nSPS) is 16.5. The molecule has 4 nitrogen and oxygen atoms in total. The summed E-state index contributed by atoms with van der Waals surface area (Å²) >= 11 is 5.86. The van der Waals surface area contributed by atoms with Gasteiger partial charge in [-0.1, -0.05) is 30.5 Å². The molecular weight excluding hydrogens is 321 g/mol. The van der Waals surface area contributed by atoms with Crippen LogP contribution in [0.2, 0.25) is 5.02 Å². The Labute approximate surface area is 139 Å². The van der Waals surface area contributed by atoms with Gasteiger partial charge in [0.25, 0.3) is 5.91 Å².